The lowest BCUT2D eigenvalue weighted by Crippen LogP contribution is -2.24. The lowest BCUT2D eigenvalue weighted by atomic mass is 9.88. The number of hydrogen-bond acceptors (Lipinski definition) is 9. The van der Waals surface area contributed by atoms with E-state index in [2.05, 4.69) is 31.0 Å². The third kappa shape index (κ3) is 10.8. The van der Waals surface area contributed by atoms with Crippen LogP contribution >= 0.6 is 7.60 Å². The molecule has 2 aromatic carbocycles. The lowest BCUT2D eigenvalue weighted by molar-refractivity contribution is -0.161. The summed E-state index contributed by atoms with van der Waals surface area (Å²) in [7, 11) is -3.22. The van der Waals surface area contributed by atoms with Gasteiger partial charge in [-0.15, -0.1) is 0 Å². The van der Waals surface area contributed by atoms with Gasteiger partial charge in [-0.2, -0.15) is 0 Å². The Morgan fingerprint density at radius 1 is 1.18 bits per heavy atom. The van der Waals surface area contributed by atoms with Gasteiger partial charge in [0.15, 0.2) is 0 Å². The van der Waals surface area contributed by atoms with Crippen LogP contribution in [0.3, 0.4) is 0 Å². The average Bonchev–Trinajstić information content (AvgIpc) is 3.36. The highest BCUT2D eigenvalue weighted by Gasteiger charge is 2.32. The van der Waals surface area contributed by atoms with Crippen molar-refractivity contribution in [2.75, 3.05) is 26.4 Å². The van der Waals surface area contributed by atoms with Gasteiger partial charge >= 0.3 is 19.5 Å². The van der Waals surface area contributed by atoms with Gasteiger partial charge in [-0.25, -0.2) is 9.36 Å². The zero-order valence-corrected chi connectivity index (χ0v) is 30.0. The number of esters is 2. The Balaban J connectivity index is 1.71. The molecule has 0 bridgehead atoms. The van der Waals surface area contributed by atoms with E-state index in [4.69, 9.17) is 23.3 Å². The fourth-order valence-electron chi connectivity index (χ4n) is 5.35. The van der Waals surface area contributed by atoms with Crippen molar-refractivity contribution in [3.63, 3.8) is 0 Å². The summed E-state index contributed by atoms with van der Waals surface area (Å²) in [5.41, 5.74) is 5.77. The van der Waals surface area contributed by atoms with E-state index in [9.17, 15) is 14.2 Å². The van der Waals surface area contributed by atoms with Crippen LogP contribution < -0.4 is 14.6 Å². The standard InChI is InChI=1S/C34H50NO8PSi/c1-9-31(36)41-26(4)42-44(38,43-27-14-11-10-12-15-27)20-19-35-22-24(2)17-18-29-28(16-13-21-45(6,7)8)32-30(23-40-34(32)37)25(3)33(29)39-5/h10-12,14-15,17,26,35H,9,13,16,18-23H2,1-8H3/t26-,44?/m0/s1. The Morgan fingerprint density at radius 3 is 2.53 bits per heavy atom. The molecule has 11 heteroatoms. The summed E-state index contributed by atoms with van der Waals surface area (Å²) in [4.78, 5) is 24.6. The molecule has 248 valence electrons. The molecular formula is C34H50NO8PSi. The van der Waals surface area contributed by atoms with Crippen molar-refractivity contribution in [3.8, 4) is 11.5 Å². The van der Waals surface area contributed by atoms with Crippen molar-refractivity contribution in [1.29, 1.82) is 0 Å². The summed E-state index contributed by atoms with van der Waals surface area (Å²) in [6, 6.07) is 9.98. The van der Waals surface area contributed by atoms with Gasteiger partial charge in [0.1, 0.15) is 18.1 Å². The molecule has 2 aromatic rings. The van der Waals surface area contributed by atoms with Gasteiger partial charge < -0.3 is 24.1 Å². The highest BCUT2D eigenvalue weighted by molar-refractivity contribution is 7.54. The van der Waals surface area contributed by atoms with Crippen LogP contribution in [0, 0.1) is 6.92 Å². The number of fused-ring (bicyclic) bond motifs is 1. The third-order valence-corrected chi connectivity index (χ3v) is 11.4. The van der Waals surface area contributed by atoms with Crippen LogP contribution in [0.15, 0.2) is 42.0 Å². The number of cyclic esters (lactones) is 1. The third-order valence-electron chi connectivity index (χ3n) is 7.65. The number of carbonyl (C=O) groups is 2. The number of methoxy groups -OCH3 is 1. The summed E-state index contributed by atoms with van der Waals surface area (Å²) in [5.74, 6) is 0.541. The van der Waals surface area contributed by atoms with E-state index < -0.39 is 27.9 Å². The van der Waals surface area contributed by atoms with Gasteiger partial charge in [-0.1, -0.05) is 68.9 Å². The Labute approximate surface area is 269 Å². The molecule has 1 aliphatic rings. The number of rotatable bonds is 18. The predicted molar refractivity (Wildman–Crippen MR) is 180 cm³/mol. The predicted octanol–water partition coefficient (Wildman–Crippen LogP) is 7.61. The molecular weight excluding hydrogens is 609 g/mol. The first-order valence-electron chi connectivity index (χ1n) is 15.7. The Kier molecular flexibility index (Phi) is 13.5. The van der Waals surface area contributed by atoms with Crippen LogP contribution in [0.1, 0.15) is 66.2 Å². The van der Waals surface area contributed by atoms with E-state index in [1.54, 1.807) is 38.3 Å². The fraction of sp³-hybridized carbons (Fsp3) is 0.529. The molecule has 0 spiro atoms. The van der Waals surface area contributed by atoms with Gasteiger partial charge in [0.2, 0.25) is 6.29 Å². The van der Waals surface area contributed by atoms with E-state index in [1.807, 2.05) is 19.9 Å². The molecule has 1 heterocycles. The largest absolute Gasteiger partial charge is 0.496 e. The topological polar surface area (TPSA) is 109 Å². The quantitative estimate of drug-likeness (QED) is 0.0432. The Hall–Kier alpha value is -2.91. The van der Waals surface area contributed by atoms with Crippen molar-refractivity contribution in [1.82, 2.24) is 5.32 Å². The minimum Gasteiger partial charge on any atom is -0.496 e. The van der Waals surface area contributed by atoms with Crippen LogP contribution in [0.25, 0.3) is 0 Å². The van der Waals surface area contributed by atoms with E-state index in [1.165, 1.54) is 13.0 Å². The van der Waals surface area contributed by atoms with E-state index in [0.29, 0.717) is 25.3 Å². The number of para-hydroxylation sites is 1. The zero-order chi connectivity index (χ0) is 33.2. The normalized spacial score (nSPS) is 15.2. The summed E-state index contributed by atoms with van der Waals surface area (Å²) in [5, 5.41) is 3.33. The van der Waals surface area contributed by atoms with Crippen LogP contribution in [0.2, 0.25) is 25.7 Å². The first-order valence-corrected chi connectivity index (χ1v) is 21.2. The monoisotopic (exact) mass is 659 g/mol. The van der Waals surface area contributed by atoms with E-state index in [0.717, 1.165) is 52.0 Å². The second-order valence-corrected chi connectivity index (χ2v) is 20.3. The molecule has 45 heavy (non-hydrogen) atoms. The molecule has 0 saturated heterocycles. The van der Waals surface area contributed by atoms with Gasteiger partial charge in [0.05, 0.1) is 18.8 Å². The molecule has 0 aliphatic carbocycles. The number of allylic oxidation sites excluding steroid dienone is 1. The molecule has 1 aliphatic heterocycles. The molecule has 1 N–H and O–H groups in total. The highest BCUT2D eigenvalue weighted by atomic mass is 31.2. The maximum absolute atomic E-state index is 13.7. The van der Waals surface area contributed by atoms with Crippen LogP contribution in [-0.4, -0.2) is 52.7 Å². The first-order chi connectivity index (χ1) is 21.3. The van der Waals surface area contributed by atoms with Crippen LogP contribution in [0.5, 0.6) is 11.5 Å². The molecule has 0 saturated carbocycles. The maximum Gasteiger partial charge on any atom is 0.383 e. The Morgan fingerprint density at radius 2 is 1.89 bits per heavy atom. The molecule has 3 rings (SSSR count). The Bertz CT molecular complexity index is 1400. The van der Waals surface area contributed by atoms with E-state index >= 15 is 0 Å². The lowest BCUT2D eigenvalue weighted by Gasteiger charge is -2.23. The van der Waals surface area contributed by atoms with Crippen LogP contribution in [0.4, 0.5) is 0 Å². The number of nitrogens with one attached hydrogen (secondary N) is 1. The molecule has 9 nitrogen and oxygen atoms in total. The maximum atomic E-state index is 13.7. The fourth-order valence-corrected chi connectivity index (χ4v) is 8.20. The van der Waals surface area contributed by atoms with Gasteiger partial charge in [0, 0.05) is 38.7 Å². The van der Waals surface area contributed by atoms with Crippen LogP contribution in [-0.2, 0) is 42.8 Å². The first kappa shape index (κ1) is 36.6. The van der Waals surface area contributed by atoms with Crippen molar-refractivity contribution in [2.24, 2.45) is 0 Å². The van der Waals surface area contributed by atoms with Gasteiger partial charge in [-0.05, 0) is 56.9 Å². The second-order valence-electron chi connectivity index (χ2n) is 12.6. The van der Waals surface area contributed by atoms with Crippen molar-refractivity contribution in [2.45, 2.75) is 92.0 Å². The van der Waals surface area contributed by atoms with Crippen molar-refractivity contribution in [3.05, 3.63) is 69.8 Å². The summed E-state index contributed by atoms with van der Waals surface area (Å²) in [6.07, 6.45) is 3.82. The average molecular weight is 660 g/mol. The molecule has 0 radical (unpaired) electrons. The van der Waals surface area contributed by atoms with E-state index in [-0.39, 0.29) is 25.2 Å². The smallest absolute Gasteiger partial charge is 0.383 e. The molecule has 0 fully saturated rings. The number of carbonyl (C=O) groups excluding carboxylic acids is 2. The van der Waals surface area contributed by atoms with Crippen molar-refractivity contribution < 1.29 is 37.4 Å². The summed E-state index contributed by atoms with van der Waals surface area (Å²) in [6.45, 7) is 15.5. The van der Waals surface area contributed by atoms with Gasteiger partial charge in [-0.3, -0.25) is 9.32 Å². The minimum atomic E-state index is -3.66. The highest BCUT2D eigenvalue weighted by Crippen LogP contribution is 2.49. The molecule has 0 amide bonds. The van der Waals surface area contributed by atoms with Gasteiger partial charge in [0.25, 0.3) is 0 Å². The van der Waals surface area contributed by atoms with Crippen molar-refractivity contribution >= 4 is 27.6 Å². The number of benzene rings is 2. The zero-order valence-electron chi connectivity index (χ0n) is 28.1. The molecule has 0 aromatic heterocycles. The SMILES string of the molecule is CCC(=O)O[C@H](C)OP(=O)(CCNCC(C)=CCc1c(CCC[Si](C)(C)C)c2c(c(C)c1OC)COC2=O)Oc1ccccc1. The number of ether oxygens (including phenoxy) is 3. The molecule has 2 atom stereocenters. The summed E-state index contributed by atoms with van der Waals surface area (Å²) >= 11 is 0. The minimum absolute atomic E-state index is 0.0738. The second kappa shape index (κ2) is 16.6. The number of hydrogen-bond donors (Lipinski definition) is 1. The summed E-state index contributed by atoms with van der Waals surface area (Å²) < 4.78 is 41.7. The molecule has 1 unspecified atom stereocenters.